The lowest BCUT2D eigenvalue weighted by atomic mass is 9.91. The second-order valence-electron chi connectivity index (χ2n) is 7.51. The topological polar surface area (TPSA) is 66.7 Å². The van der Waals surface area contributed by atoms with Gasteiger partial charge >= 0.3 is 0 Å². The molecule has 0 radical (unpaired) electrons. The number of para-hydroxylation sites is 2. The van der Waals surface area contributed by atoms with Gasteiger partial charge in [-0.2, -0.15) is 0 Å². The number of piperidine rings is 1. The Bertz CT molecular complexity index is 873. The number of nitrogens with zero attached hydrogens (tertiary/aromatic N) is 3. The molecule has 0 spiro atoms. The molecular weight excluding hydrogens is 374 g/mol. The fraction of sp³-hybridized carbons (Fsp3) is 0.476. The zero-order chi connectivity index (χ0) is 19.7. The molecule has 1 amide bonds. The SMILES string of the molecule is CCC1c2ccsc2CCN1C(=O)C1CCN(c2ccccc2[N+](=O)[O-])CC1. The Kier molecular flexibility index (Phi) is 5.35. The number of nitro groups is 1. The molecule has 1 unspecified atom stereocenters. The highest BCUT2D eigenvalue weighted by molar-refractivity contribution is 7.10. The van der Waals surface area contributed by atoms with E-state index in [9.17, 15) is 14.9 Å². The summed E-state index contributed by atoms with van der Waals surface area (Å²) in [6.07, 6.45) is 3.37. The smallest absolute Gasteiger partial charge is 0.292 e. The van der Waals surface area contributed by atoms with Crippen LogP contribution in [0.1, 0.15) is 42.7 Å². The van der Waals surface area contributed by atoms with Crippen LogP contribution in [0.4, 0.5) is 11.4 Å². The minimum absolute atomic E-state index is 0.00764. The average Bonchev–Trinajstić information content (AvgIpc) is 3.21. The van der Waals surface area contributed by atoms with Crippen molar-refractivity contribution in [2.45, 2.75) is 38.6 Å². The van der Waals surface area contributed by atoms with E-state index in [0.29, 0.717) is 18.8 Å². The number of thiophene rings is 1. The molecule has 28 heavy (non-hydrogen) atoms. The van der Waals surface area contributed by atoms with Crippen LogP contribution in [0.3, 0.4) is 0 Å². The Morgan fingerprint density at radius 2 is 1.96 bits per heavy atom. The third kappa shape index (κ3) is 3.39. The first-order valence-corrected chi connectivity index (χ1v) is 10.8. The predicted octanol–water partition coefficient (Wildman–Crippen LogP) is 4.41. The van der Waals surface area contributed by atoms with Crippen LogP contribution in [0.25, 0.3) is 0 Å². The fourth-order valence-electron chi connectivity index (χ4n) is 4.59. The molecule has 0 aliphatic carbocycles. The summed E-state index contributed by atoms with van der Waals surface area (Å²) in [5.74, 6) is 0.263. The number of carbonyl (C=O) groups is 1. The van der Waals surface area contributed by atoms with E-state index in [1.54, 1.807) is 29.5 Å². The van der Waals surface area contributed by atoms with Gasteiger partial charge in [0.15, 0.2) is 0 Å². The van der Waals surface area contributed by atoms with Gasteiger partial charge in [0.2, 0.25) is 5.91 Å². The normalized spacial score (nSPS) is 20.1. The van der Waals surface area contributed by atoms with Crippen molar-refractivity contribution in [1.82, 2.24) is 4.90 Å². The van der Waals surface area contributed by atoms with Gasteiger partial charge in [0, 0.05) is 36.5 Å². The molecule has 6 nitrogen and oxygen atoms in total. The van der Waals surface area contributed by atoms with E-state index in [2.05, 4.69) is 23.3 Å². The van der Waals surface area contributed by atoms with Crippen molar-refractivity contribution in [2.75, 3.05) is 24.5 Å². The molecule has 1 fully saturated rings. The summed E-state index contributed by atoms with van der Waals surface area (Å²) >= 11 is 1.80. The Morgan fingerprint density at radius 3 is 2.68 bits per heavy atom. The van der Waals surface area contributed by atoms with Crippen molar-refractivity contribution in [1.29, 1.82) is 0 Å². The molecule has 4 rings (SSSR count). The Labute approximate surface area is 168 Å². The second kappa shape index (κ2) is 7.91. The summed E-state index contributed by atoms with van der Waals surface area (Å²) in [4.78, 5) is 29.8. The summed E-state index contributed by atoms with van der Waals surface area (Å²) in [5.41, 5.74) is 2.12. The highest BCUT2D eigenvalue weighted by Gasteiger charge is 2.36. The molecule has 0 bridgehead atoms. The summed E-state index contributed by atoms with van der Waals surface area (Å²) in [5, 5.41) is 13.4. The quantitative estimate of drug-likeness (QED) is 0.564. The van der Waals surface area contributed by atoms with Crippen LogP contribution in [-0.4, -0.2) is 35.4 Å². The molecule has 0 saturated carbocycles. The van der Waals surface area contributed by atoms with Crippen LogP contribution in [0.5, 0.6) is 0 Å². The molecule has 148 valence electrons. The molecule has 2 aliphatic rings. The first kappa shape index (κ1) is 18.9. The Balaban J connectivity index is 1.44. The van der Waals surface area contributed by atoms with Gasteiger partial charge < -0.3 is 9.80 Å². The van der Waals surface area contributed by atoms with Crippen LogP contribution in [0.2, 0.25) is 0 Å². The lowest BCUT2D eigenvalue weighted by Crippen LogP contribution is -2.46. The molecule has 1 aromatic carbocycles. The lowest BCUT2D eigenvalue weighted by Gasteiger charge is -2.40. The van der Waals surface area contributed by atoms with Crippen molar-refractivity contribution in [3.8, 4) is 0 Å². The van der Waals surface area contributed by atoms with Crippen molar-refractivity contribution < 1.29 is 9.72 Å². The number of anilines is 1. The summed E-state index contributed by atoms with van der Waals surface area (Å²) in [6.45, 7) is 4.30. The van der Waals surface area contributed by atoms with Gasteiger partial charge in [-0.25, -0.2) is 0 Å². The molecule has 3 heterocycles. The summed E-state index contributed by atoms with van der Waals surface area (Å²) in [7, 11) is 0. The number of nitro benzene ring substituents is 1. The highest BCUT2D eigenvalue weighted by Crippen LogP contribution is 2.37. The van der Waals surface area contributed by atoms with E-state index in [4.69, 9.17) is 0 Å². The van der Waals surface area contributed by atoms with Gasteiger partial charge in [-0.1, -0.05) is 19.1 Å². The van der Waals surface area contributed by atoms with E-state index >= 15 is 0 Å². The number of carbonyl (C=O) groups excluding carboxylic acids is 1. The lowest BCUT2D eigenvalue weighted by molar-refractivity contribution is -0.384. The number of fused-ring (bicyclic) bond motifs is 1. The highest BCUT2D eigenvalue weighted by atomic mass is 32.1. The number of rotatable bonds is 4. The zero-order valence-corrected chi connectivity index (χ0v) is 16.9. The first-order chi connectivity index (χ1) is 13.6. The number of benzene rings is 1. The number of hydrogen-bond acceptors (Lipinski definition) is 5. The van der Waals surface area contributed by atoms with Crippen molar-refractivity contribution >= 4 is 28.6 Å². The van der Waals surface area contributed by atoms with Crippen LogP contribution in [0, 0.1) is 16.0 Å². The zero-order valence-electron chi connectivity index (χ0n) is 16.0. The molecule has 1 saturated heterocycles. The van der Waals surface area contributed by atoms with E-state index in [0.717, 1.165) is 32.2 Å². The van der Waals surface area contributed by atoms with E-state index in [1.807, 2.05) is 11.0 Å². The number of amides is 1. The minimum atomic E-state index is -0.329. The van der Waals surface area contributed by atoms with Gasteiger partial charge in [0.1, 0.15) is 5.69 Å². The Morgan fingerprint density at radius 1 is 1.21 bits per heavy atom. The van der Waals surface area contributed by atoms with Crippen LogP contribution in [-0.2, 0) is 11.2 Å². The molecule has 0 N–H and O–H groups in total. The van der Waals surface area contributed by atoms with E-state index in [1.165, 1.54) is 10.4 Å². The molecule has 1 atom stereocenters. The maximum atomic E-state index is 13.3. The minimum Gasteiger partial charge on any atom is -0.366 e. The van der Waals surface area contributed by atoms with Crippen LogP contribution < -0.4 is 4.90 Å². The summed E-state index contributed by atoms with van der Waals surface area (Å²) in [6, 6.07) is 9.23. The summed E-state index contributed by atoms with van der Waals surface area (Å²) < 4.78 is 0. The Hall–Kier alpha value is -2.41. The number of hydrogen-bond donors (Lipinski definition) is 0. The monoisotopic (exact) mass is 399 g/mol. The van der Waals surface area contributed by atoms with E-state index < -0.39 is 0 Å². The maximum Gasteiger partial charge on any atom is 0.292 e. The maximum absolute atomic E-state index is 13.3. The van der Waals surface area contributed by atoms with Gasteiger partial charge in [-0.05, 0) is 48.8 Å². The van der Waals surface area contributed by atoms with Gasteiger partial charge in [0.25, 0.3) is 5.69 Å². The van der Waals surface area contributed by atoms with Crippen LogP contribution in [0.15, 0.2) is 35.7 Å². The second-order valence-corrected chi connectivity index (χ2v) is 8.51. The van der Waals surface area contributed by atoms with Crippen molar-refractivity contribution in [3.63, 3.8) is 0 Å². The fourth-order valence-corrected chi connectivity index (χ4v) is 5.52. The van der Waals surface area contributed by atoms with Crippen molar-refractivity contribution in [3.05, 3.63) is 56.3 Å². The van der Waals surface area contributed by atoms with E-state index in [-0.39, 0.29) is 28.5 Å². The predicted molar refractivity (Wildman–Crippen MR) is 111 cm³/mol. The molecule has 2 aliphatic heterocycles. The molecule has 1 aromatic heterocycles. The van der Waals surface area contributed by atoms with Gasteiger partial charge in [-0.3, -0.25) is 14.9 Å². The first-order valence-electron chi connectivity index (χ1n) is 9.95. The largest absolute Gasteiger partial charge is 0.366 e. The van der Waals surface area contributed by atoms with Crippen LogP contribution >= 0.6 is 11.3 Å². The molecular formula is C21H25N3O3S. The standard InChI is InChI=1S/C21H25N3O3S/c1-2-17-16-10-14-28-20(16)9-13-23(17)21(25)15-7-11-22(12-8-15)18-5-3-4-6-19(18)24(26)27/h3-6,10,14-15,17H,2,7-9,11-13H2,1H3. The third-order valence-electron chi connectivity index (χ3n) is 6.03. The van der Waals surface area contributed by atoms with Gasteiger partial charge in [0.05, 0.1) is 11.0 Å². The third-order valence-corrected chi connectivity index (χ3v) is 7.02. The molecule has 2 aromatic rings. The average molecular weight is 400 g/mol. The van der Waals surface area contributed by atoms with Gasteiger partial charge in [-0.15, -0.1) is 11.3 Å². The molecule has 7 heteroatoms. The van der Waals surface area contributed by atoms with Crippen molar-refractivity contribution in [2.24, 2.45) is 5.92 Å².